The molecule has 0 bridgehead atoms. The molecule has 1 aromatic heterocycles. The number of rotatable bonds is 5. The molecule has 4 rings (SSSR count). The van der Waals surface area contributed by atoms with Crippen molar-refractivity contribution in [2.24, 2.45) is 0 Å². The first-order chi connectivity index (χ1) is 11.7. The highest BCUT2D eigenvalue weighted by Gasteiger charge is 2.32. The number of carbonyl (C=O) groups excluding carboxylic acids is 1. The van der Waals surface area contributed by atoms with Crippen LogP contribution in [-0.2, 0) is 4.79 Å². The van der Waals surface area contributed by atoms with Gasteiger partial charge >= 0.3 is 0 Å². The Balaban J connectivity index is 1.26. The highest BCUT2D eigenvalue weighted by molar-refractivity contribution is 5.78. The third kappa shape index (κ3) is 3.47. The summed E-state index contributed by atoms with van der Waals surface area (Å²) in [4.78, 5) is 23.5. The quantitative estimate of drug-likeness (QED) is 0.808. The van der Waals surface area contributed by atoms with Crippen molar-refractivity contribution in [1.82, 2.24) is 24.8 Å². The minimum absolute atomic E-state index is 0.154. The fraction of sp³-hybridized carbons (Fsp3) is 0.824. The molecular weight excluding hydrogens is 306 g/mol. The molecular formula is C17H27N5O2. The Morgan fingerprint density at radius 3 is 2.54 bits per heavy atom. The van der Waals surface area contributed by atoms with E-state index < -0.39 is 0 Å². The molecule has 2 aliphatic heterocycles. The summed E-state index contributed by atoms with van der Waals surface area (Å²) in [5, 5.41) is 4.12. The van der Waals surface area contributed by atoms with Crippen LogP contribution in [0.1, 0.15) is 56.3 Å². The number of hydrogen-bond donors (Lipinski definition) is 0. The molecule has 1 saturated carbocycles. The van der Waals surface area contributed by atoms with E-state index in [1.807, 2.05) is 4.90 Å². The zero-order chi connectivity index (χ0) is 16.5. The maximum atomic E-state index is 12.3. The number of amides is 1. The number of piperazine rings is 1. The molecule has 0 aromatic carbocycles. The Morgan fingerprint density at radius 1 is 1.17 bits per heavy atom. The van der Waals surface area contributed by atoms with E-state index in [9.17, 15) is 4.79 Å². The maximum Gasteiger partial charge on any atom is 0.243 e. The molecule has 3 aliphatic rings. The van der Waals surface area contributed by atoms with Crippen molar-refractivity contribution < 1.29 is 9.32 Å². The van der Waals surface area contributed by atoms with E-state index in [4.69, 9.17) is 4.52 Å². The lowest BCUT2D eigenvalue weighted by Crippen LogP contribution is -2.50. The van der Waals surface area contributed by atoms with Crippen molar-refractivity contribution in [3.63, 3.8) is 0 Å². The van der Waals surface area contributed by atoms with Gasteiger partial charge in [-0.3, -0.25) is 14.6 Å². The SMILES string of the molecule is C[C@H](c1nc(C2CC2)no1)N1CCN(CC(=O)N2CCCC2)CC1. The molecule has 0 spiro atoms. The summed E-state index contributed by atoms with van der Waals surface area (Å²) in [7, 11) is 0. The van der Waals surface area contributed by atoms with Gasteiger partial charge < -0.3 is 9.42 Å². The van der Waals surface area contributed by atoms with E-state index >= 15 is 0 Å². The topological polar surface area (TPSA) is 65.7 Å². The number of hydrogen-bond acceptors (Lipinski definition) is 6. The van der Waals surface area contributed by atoms with Gasteiger partial charge in [0.15, 0.2) is 5.82 Å². The Hall–Kier alpha value is -1.47. The minimum atomic E-state index is 0.154. The van der Waals surface area contributed by atoms with E-state index in [0.717, 1.165) is 63.8 Å². The summed E-state index contributed by atoms with van der Waals surface area (Å²) in [5.41, 5.74) is 0. The van der Waals surface area contributed by atoms with Crippen molar-refractivity contribution >= 4 is 5.91 Å². The molecule has 0 unspecified atom stereocenters. The van der Waals surface area contributed by atoms with Crippen LogP contribution in [0.15, 0.2) is 4.52 Å². The summed E-state index contributed by atoms with van der Waals surface area (Å²) in [6.45, 7) is 8.31. The van der Waals surface area contributed by atoms with Gasteiger partial charge in [0.1, 0.15) is 0 Å². The summed E-state index contributed by atoms with van der Waals surface area (Å²) < 4.78 is 5.46. The molecule has 132 valence electrons. The van der Waals surface area contributed by atoms with Crippen molar-refractivity contribution in [1.29, 1.82) is 0 Å². The van der Waals surface area contributed by atoms with Crippen LogP contribution in [0, 0.1) is 0 Å². The van der Waals surface area contributed by atoms with Gasteiger partial charge in [0.2, 0.25) is 11.8 Å². The van der Waals surface area contributed by atoms with Crippen LogP contribution in [0.4, 0.5) is 0 Å². The highest BCUT2D eigenvalue weighted by Crippen LogP contribution is 2.38. The summed E-state index contributed by atoms with van der Waals surface area (Å²) in [5.74, 6) is 2.44. The maximum absolute atomic E-state index is 12.3. The fourth-order valence-electron chi connectivity index (χ4n) is 3.65. The van der Waals surface area contributed by atoms with E-state index in [0.29, 0.717) is 18.4 Å². The van der Waals surface area contributed by atoms with Crippen LogP contribution in [0.5, 0.6) is 0 Å². The number of carbonyl (C=O) groups is 1. The Kier molecular flexibility index (Phi) is 4.54. The van der Waals surface area contributed by atoms with E-state index in [1.165, 1.54) is 12.8 Å². The fourth-order valence-corrected chi connectivity index (χ4v) is 3.65. The largest absolute Gasteiger partial charge is 0.342 e. The number of likely N-dealkylation sites (tertiary alicyclic amines) is 1. The Bertz CT molecular complexity index is 571. The van der Waals surface area contributed by atoms with Crippen LogP contribution in [0.2, 0.25) is 0 Å². The number of aromatic nitrogens is 2. The molecule has 3 heterocycles. The van der Waals surface area contributed by atoms with Gasteiger partial charge in [-0.05, 0) is 32.6 Å². The first-order valence-corrected chi connectivity index (χ1v) is 9.28. The van der Waals surface area contributed by atoms with Crippen LogP contribution < -0.4 is 0 Å². The molecule has 7 nitrogen and oxygen atoms in total. The normalized spacial score (nSPS) is 24.5. The van der Waals surface area contributed by atoms with E-state index in [2.05, 4.69) is 26.9 Å². The van der Waals surface area contributed by atoms with Gasteiger partial charge in [-0.25, -0.2) is 0 Å². The zero-order valence-corrected chi connectivity index (χ0v) is 14.5. The molecule has 1 atom stereocenters. The van der Waals surface area contributed by atoms with Crippen molar-refractivity contribution in [3.8, 4) is 0 Å². The summed E-state index contributed by atoms with van der Waals surface area (Å²) in [6, 6.07) is 0.154. The van der Waals surface area contributed by atoms with Gasteiger partial charge in [-0.2, -0.15) is 4.98 Å². The van der Waals surface area contributed by atoms with Gasteiger partial charge in [0.05, 0.1) is 12.6 Å². The van der Waals surface area contributed by atoms with Crippen molar-refractivity contribution in [3.05, 3.63) is 11.7 Å². The molecule has 1 amide bonds. The second kappa shape index (κ2) is 6.80. The molecule has 24 heavy (non-hydrogen) atoms. The first-order valence-electron chi connectivity index (χ1n) is 9.28. The molecule has 7 heteroatoms. The van der Waals surface area contributed by atoms with Crippen molar-refractivity contribution in [2.45, 2.75) is 44.6 Å². The Morgan fingerprint density at radius 2 is 1.88 bits per heavy atom. The highest BCUT2D eigenvalue weighted by atomic mass is 16.5. The average molecular weight is 333 g/mol. The van der Waals surface area contributed by atoms with E-state index in [-0.39, 0.29) is 6.04 Å². The van der Waals surface area contributed by atoms with Crippen LogP contribution >= 0.6 is 0 Å². The Labute approximate surface area is 143 Å². The van der Waals surface area contributed by atoms with Crippen LogP contribution in [0.3, 0.4) is 0 Å². The van der Waals surface area contributed by atoms with Gasteiger partial charge in [0.25, 0.3) is 0 Å². The van der Waals surface area contributed by atoms with Gasteiger partial charge in [0, 0.05) is 45.2 Å². The minimum Gasteiger partial charge on any atom is -0.342 e. The molecule has 0 radical (unpaired) electrons. The van der Waals surface area contributed by atoms with Crippen LogP contribution in [0.25, 0.3) is 0 Å². The van der Waals surface area contributed by atoms with Crippen LogP contribution in [-0.4, -0.2) is 76.6 Å². The number of nitrogens with zero attached hydrogens (tertiary/aromatic N) is 5. The summed E-state index contributed by atoms with van der Waals surface area (Å²) >= 11 is 0. The van der Waals surface area contributed by atoms with Gasteiger partial charge in [-0.1, -0.05) is 5.16 Å². The lowest BCUT2D eigenvalue weighted by Gasteiger charge is -2.36. The lowest BCUT2D eigenvalue weighted by atomic mass is 10.2. The zero-order valence-electron chi connectivity index (χ0n) is 14.5. The van der Waals surface area contributed by atoms with Crippen molar-refractivity contribution in [2.75, 3.05) is 45.8 Å². The first kappa shape index (κ1) is 16.0. The predicted molar refractivity (Wildman–Crippen MR) is 88.5 cm³/mol. The second-order valence-corrected chi connectivity index (χ2v) is 7.34. The van der Waals surface area contributed by atoms with E-state index in [1.54, 1.807) is 0 Å². The molecule has 3 fully saturated rings. The molecule has 0 N–H and O–H groups in total. The monoisotopic (exact) mass is 333 g/mol. The standard InChI is InChI=1S/C17H27N5O2/c1-13(17-18-16(19-24-17)14-4-5-14)21-10-8-20(9-11-21)12-15(23)22-6-2-3-7-22/h13-14H,2-12H2,1H3/t13-/m1/s1. The molecule has 1 aliphatic carbocycles. The predicted octanol–water partition coefficient (Wildman–Crippen LogP) is 1.25. The summed E-state index contributed by atoms with van der Waals surface area (Å²) in [6.07, 6.45) is 4.70. The third-order valence-corrected chi connectivity index (χ3v) is 5.53. The molecule has 1 aromatic rings. The lowest BCUT2D eigenvalue weighted by molar-refractivity contribution is -0.131. The average Bonchev–Trinajstić information content (AvgIpc) is 3.12. The van der Waals surface area contributed by atoms with Gasteiger partial charge in [-0.15, -0.1) is 0 Å². The third-order valence-electron chi connectivity index (χ3n) is 5.53. The smallest absolute Gasteiger partial charge is 0.243 e. The second-order valence-electron chi connectivity index (χ2n) is 7.34. The molecule has 2 saturated heterocycles.